The van der Waals surface area contributed by atoms with Crippen molar-refractivity contribution in [1.82, 2.24) is 4.72 Å². The van der Waals surface area contributed by atoms with E-state index in [1.165, 1.54) is 17.8 Å². The first-order chi connectivity index (χ1) is 9.29. The summed E-state index contributed by atoms with van der Waals surface area (Å²) >= 11 is 4.58. The van der Waals surface area contributed by atoms with Crippen molar-refractivity contribution in [3.63, 3.8) is 0 Å². The average molecular weight is 380 g/mol. The molecule has 0 radical (unpaired) electrons. The van der Waals surface area contributed by atoms with Gasteiger partial charge in [-0.2, -0.15) is 0 Å². The Bertz CT molecular complexity index is 553. The Morgan fingerprint density at radius 1 is 1.35 bits per heavy atom. The van der Waals surface area contributed by atoms with Crippen LogP contribution in [0.15, 0.2) is 20.1 Å². The molecule has 1 fully saturated rings. The van der Waals surface area contributed by atoms with Crippen LogP contribution in [-0.4, -0.2) is 14.5 Å². The van der Waals surface area contributed by atoms with E-state index in [9.17, 15) is 8.42 Å². The van der Waals surface area contributed by atoms with Gasteiger partial charge in [-0.25, -0.2) is 13.1 Å². The maximum Gasteiger partial charge on any atom is 0.250 e. The van der Waals surface area contributed by atoms with Gasteiger partial charge in [0.1, 0.15) is 4.21 Å². The van der Waals surface area contributed by atoms with Crippen LogP contribution in [0.2, 0.25) is 0 Å². The second-order valence-electron chi connectivity index (χ2n) is 6.11. The quantitative estimate of drug-likeness (QED) is 0.849. The van der Waals surface area contributed by atoms with Crippen molar-refractivity contribution in [2.45, 2.75) is 50.3 Å². The number of thiophene rings is 1. The first-order valence-electron chi connectivity index (χ1n) is 7.07. The van der Waals surface area contributed by atoms with Crippen molar-refractivity contribution in [1.29, 1.82) is 0 Å². The molecule has 1 saturated carbocycles. The first-order valence-corrected chi connectivity index (χ1v) is 10.2. The number of halogens is 1. The second-order valence-corrected chi connectivity index (χ2v) is 10.5. The summed E-state index contributed by atoms with van der Waals surface area (Å²) in [7, 11) is -3.39. The van der Waals surface area contributed by atoms with Crippen molar-refractivity contribution in [2.24, 2.45) is 17.8 Å². The summed E-state index contributed by atoms with van der Waals surface area (Å²) in [5.41, 5.74) is 0. The van der Waals surface area contributed by atoms with Gasteiger partial charge in [-0.3, -0.25) is 0 Å². The molecule has 1 heterocycles. The Morgan fingerprint density at radius 3 is 2.60 bits per heavy atom. The molecule has 0 saturated heterocycles. The Hall–Kier alpha value is 0.0900. The maximum absolute atomic E-state index is 12.5. The topological polar surface area (TPSA) is 46.2 Å². The van der Waals surface area contributed by atoms with Gasteiger partial charge in [0.15, 0.2) is 0 Å². The summed E-state index contributed by atoms with van der Waals surface area (Å²) in [4.78, 5) is 0. The van der Waals surface area contributed by atoms with E-state index in [1.54, 1.807) is 12.1 Å². The zero-order chi connectivity index (χ0) is 14.9. The molecule has 1 aromatic heterocycles. The van der Waals surface area contributed by atoms with Crippen LogP contribution in [0, 0.1) is 17.8 Å². The molecular weight excluding hydrogens is 358 g/mol. The molecule has 0 spiro atoms. The van der Waals surface area contributed by atoms with Crippen molar-refractivity contribution < 1.29 is 8.42 Å². The molecule has 0 aromatic carbocycles. The van der Waals surface area contributed by atoms with Crippen LogP contribution < -0.4 is 4.72 Å². The molecule has 0 amide bonds. The third-order valence-corrected chi connectivity index (χ3v) is 7.75. The molecule has 20 heavy (non-hydrogen) atoms. The monoisotopic (exact) mass is 379 g/mol. The summed E-state index contributed by atoms with van der Waals surface area (Å²) < 4.78 is 29.1. The van der Waals surface area contributed by atoms with Crippen LogP contribution in [0.5, 0.6) is 0 Å². The fraction of sp³-hybridized carbons (Fsp3) is 0.714. The van der Waals surface area contributed by atoms with Gasteiger partial charge in [0.25, 0.3) is 0 Å². The third-order valence-electron chi connectivity index (χ3n) is 4.14. The molecular formula is C14H22BrNO2S2. The van der Waals surface area contributed by atoms with Gasteiger partial charge in [0, 0.05) is 6.04 Å². The fourth-order valence-corrected chi connectivity index (χ4v) is 6.36. The number of nitrogens with one attached hydrogen (secondary N) is 1. The molecule has 1 N–H and O–H groups in total. The number of hydrogen-bond donors (Lipinski definition) is 1. The van der Waals surface area contributed by atoms with Crippen molar-refractivity contribution >= 4 is 37.3 Å². The third kappa shape index (κ3) is 3.84. The van der Waals surface area contributed by atoms with Crippen molar-refractivity contribution in [2.75, 3.05) is 0 Å². The summed E-state index contributed by atoms with van der Waals surface area (Å²) in [5.74, 6) is 1.53. The van der Waals surface area contributed by atoms with E-state index < -0.39 is 10.0 Å². The van der Waals surface area contributed by atoms with Gasteiger partial charge >= 0.3 is 0 Å². The fourth-order valence-electron chi connectivity index (χ4n) is 3.04. The highest BCUT2D eigenvalue weighted by Crippen LogP contribution is 2.35. The first kappa shape index (κ1) is 16.5. The lowest BCUT2D eigenvalue weighted by Gasteiger charge is -2.37. The minimum atomic E-state index is -3.39. The number of hydrogen-bond acceptors (Lipinski definition) is 3. The van der Waals surface area contributed by atoms with E-state index in [4.69, 9.17) is 0 Å². The smallest absolute Gasteiger partial charge is 0.207 e. The second kappa shape index (κ2) is 6.46. The molecule has 6 heteroatoms. The van der Waals surface area contributed by atoms with E-state index in [-0.39, 0.29) is 6.04 Å². The van der Waals surface area contributed by atoms with Crippen LogP contribution in [-0.2, 0) is 10.0 Å². The van der Waals surface area contributed by atoms with Gasteiger partial charge in [0.05, 0.1) is 3.79 Å². The minimum absolute atomic E-state index is 0.0598. The van der Waals surface area contributed by atoms with Gasteiger partial charge in [-0.15, -0.1) is 11.3 Å². The van der Waals surface area contributed by atoms with E-state index in [2.05, 4.69) is 41.4 Å². The molecule has 114 valence electrons. The average Bonchev–Trinajstić information content (AvgIpc) is 2.75. The predicted molar refractivity (Wildman–Crippen MR) is 87.5 cm³/mol. The molecule has 1 aliphatic carbocycles. The van der Waals surface area contributed by atoms with Gasteiger partial charge in [-0.1, -0.05) is 27.2 Å². The highest BCUT2D eigenvalue weighted by atomic mass is 79.9. The highest BCUT2D eigenvalue weighted by molar-refractivity contribution is 9.11. The SMILES string of the molecule is CC1CCC(C(C)C)C(NS(=O)(=O)c2ccc(Br)s2)C1. The maximum atomic E-state index is 12.5. The molecule has 1 aliphatic rings. The zero-order valence-electron chi connectivity index (χ0n) is 12.1. The Labute approximate surface area is 134 Å². The normalized spacial score (nSPS) is 27.9. The van der Waals surface area contributed by atoms with E-state index in [1.807, 2.05) is 0 Å². The van der Waals surface area contributed by atoms with Crippen LogP contribution >= 0.6 is 27.3 Å². The van der Waals surface area contributed by atoms with E-state index in [0.29, 0.717) is 22.0 Å². The van der Waals surface area contributed by atoms with Crippen LogP contribution in [0.25, 0.3) is 0 Å². The standard InChI is InChI=1S/C14H22BrNO2S2/c1-9(2)11-5-4-10(3)8-12(11)16-20(17,18)14-7-6-13(15)19-14/h6-7,9-12,16H,4-5,8H2,1-3H3. The molecule has 1 aromatic rings. The minimum Gasteiger partial charge on any atom is -0.207 e. The lowest BCUT2D eigenvalue weighted by atomic mass is 9.74. The van der Waals surface area contributed by atoms with E-state index >= 15 is 0 Å². The molecule has 0 aliphatic heterocycles. The van der Waals surface area contributed by atoms with Gasteiger partial charge < -0.3 is 0 Å². The Balaban J connectivity index is 2.17. The summed E-state index contributed by atoms with van der Waals surface area (Å²) in [5, 5.41) is 0. The molecule has 3 unspecified atom stereocenters. The number of rotatable bonds is 4. The molecule has 3 nitrogen and oxygen atoms in total. The van der Waals surface area contributed by atoms with Crippen LogP contribution in [0.4, 0.5) is 0 Å². The van der Waals surface area contributed by atoms with Crippen LogP contribution in [0.3, 0.4) is 0 Å². The Kier molecular flexibility index (Phi) is 5.32. The lowest BCUT2D eigenvalue weighted by molar-refractivity contribution is 0.188. The highest BCUT2D eigenvalue weighted by Gasteiger charge is 2.34. The van der Waals surface area contributed by atoms with Crippen molar-refractivity contribution in [3.05, 3.63) is 15.9 Å². The largest absolute Gasteiger partial charge is 0.250 e. The Morgan fingerprint density at radius 2 is 2.05 bits per heavy atom. The molecule has 2 rings (SSSR count). The van der Waals surface area contributed by atoms with Crippen molar-refractivity contribution in [3.8, 4) is 0 Å². The zero-order valence-corrected chi connectivity index (χ0v) is 15.3. The number of sulfonamides is 1. The summed E-state index contributed by atoms with van der Waals surface area (Å²) in [6, 6.07) is 3.50. The van der Waals surface area contributed by atoms with Crippen LogP contribution in [0.1, 0.15) is 40.0 Å². The summed E-state index contributed by atoms with van der Waals surface area (Å²) in [6.45, 7) is 6.58. The molecule has 3 atom stereocenters. The summed E-state index contributed by atoms with van der Waals surface area (Å²) in [6.07, 6.45) is 3.25. The van der Waals surface area contributed by atoms with Gasteiger partial charge in [0.2, 0.25) is 10.0 Å². The molecule has 0 bridgehead atoms. The lowest BCUT2D eigenvalue weighted by Crippen LogP contribution is -2.45. The predicted octanol–water partition coefficient (Wildman–Crippen LogP) is 4.25. The van der Waals surface area contributed by atoms with Gasteiger partial charge in [-0.05, 0) is 58.7 Å². The van der Waals surface area contributed by atoms with E-state index in [0.717, 1.165) is 16.6 Å².